The summed E-state index contributed by atoms with van der Waals surface area (Å²) in [6.45, 7) is 3.17. The van der Waals surface area contributed by atoms with E-state index in [0.29, 0.717) is 13.1 Å². The SMILES string of the molecule is C(#Cc1ccccc1)CNCCNCC#Cc1ccccc1. The van der Waals surface area contributed by atoms with Crippen molar-refractivity contribution in [3.63, 3.8) is 0 Å². The Morgan fingerprint density at radius 1 is 0.591 bits per heavy atom. The first-order valence-corrected chi connectivity index (χ1v) is 7.44. The van der Waals surface area contributed by atoms with E-state index in [4.69, 9.17) is 0 Å². The van der Waals surface area contributed by atoms with Gasteiger partial charge in [0.1, 0.15) is 0 Å². The Balaban J connectivity index is 1.52. The second-order valence-electron chi connectivity index (χ2n) is 4.69. The fourth-order valence-electron chi connectivity index (χ4n) is 1.81. The molecule has 2 heteroatoms. The zero-order chi connectivity index (χ0) is 15.3. The Morgan fingerprint density at radius 3 is 1.41 bits per heavy atom. The quantitative estimate of drug-likeness (QED) is 0.651. The fraction of sp³-hybridized carbons (Fsp3) is 0.200. The summed E-state index contributed by atoms with van der Waals surface area (Å²) in [5.41, 5.74) is 2.11. The normalized spacial score (nSPS) is 9.27. The van der Waals surface area contributed by atoms with Crippen molar-refractivity contribution in [2.75, 3.05) is 26.2 Å². The average molecular weight is 288 g/mol. The zero-order valence-corrected chi connectivity index (χ0v) is 12.6. The molecule has 0 saturated carbocycles. The summed E-state index contributed by atoms with van der Waals surface area (Å²) in [5.74, 6) is 12.5. The maximum absolute atomic E-state index is 3.28. The van der Waals surface area contributed by atoms with E-state index >= 15 is 0 Å². The van der Waals surface area contributed by atoms with Crippen LogP contribution >= 0.6 is 0 Å². The van der Waals surface area contributed by atoms with Gasteiger partial charge in [-0.05, 0) is 24.3 Å². The highest BCUT2D eigenvalue weighted by Gasteiger charge is 1.85. The molecule has 0 fully saturated rings. The lowest BCUT2D eigenvalue weighted by atomic mass is 10.2. The summed E-state index contributed by atoms with van der Waals surface area (Å²) in [6.07, 6.45) is 0. The second-order valence-corrected chi connectivity index (χ2v) is 4.69. The molecule has 2 rings (SSSR count). The van der Waals surface area contributed by atoms with Crippen LogP contribution in [0.15, 0.2) is 60.7 Å². The highest BCUT2D eigenvalue weighted by Crippen LogP contribution is 1.94. The van der Waals surface area contributed by atoms with Crippen LogP contribution in [0.25, 0.3) is 0 Å². The maximum atomic E-state index is 3.28. The van der Waals surface area contributed by atoms with Gasteiger partial charge in [0.05, 0.1) is 13.1 Å². The molecule has 0 atom stereocenters. The van der Waals surface area contributed by atoms with Crippen LogP contribution in [0.4, 0.5) is 0 Å². The van der Waals surface area contributed by atoms with Crippen molar-refractivity contribution >= 4 is 0 Å². The Hall–Kier alpha value is -2.52. The van der Waals surface area contributed by atoms with Crippen LogP contribution in [0, 0.1) is 23.7 Å². The Labute approximate surface area is 133 Å². The van der Waals surface area contributed by atoms with Crippen molar-refractivity contribution in [3.8, 4) is 23.7 Å². The molecule has 2 aromatic carbocycles. The van der Waals surface area contributed by atoms with Crippen LogP contribution in [0.2, 0.25) is 0 Å². The first-order valence-electron chi connectivity index (χ1n) is 7.44. The average Bonchev–Trinajstić information content (AvgIpc) is 2.58. The summed E-state index contributed by atoms with van der Waals surface area (Å²) < 4.78 is 0. The highest BCUT2D eigenvalue weighted by molar-refractivity contribution is 5.34. The Morgan fingerprint density at radius 2 is 1.00 bits per heavy atom. The second kappa shape index (κ2) is 10.2. The van der Waals surface area contributed by atoms with Gasteiger partial charge in [-0.1, -0.05) is 60.1 Å². The molecule has 0 heterocycles. The predicted molar refractivity (Wildman–Crippen MR) is 92.4 cm³/mol. The van der Waals surface area contributed by atoms with Gasteiger partial charge in [-0.2, -0.15) is 0 Å². The van der Waals surface area contributed by atoms with Crippen molar-refractivity contribution in [3.05, 3.63) is 71.8 Å². The minimum absolute atomic E-state index is 0.701. The largest absolute Gasteiger partial charge is 0.305 e. The van der Waals surface area contributed by atoms with Crippen LogP contribution < -0.4 is 10.6 Å². The predicted octanol–water partition coefficient (Wildman–Crippen LogP) is 2.27. The van der Waals surface area contributed by atoms with Gasteiger partial charge < -0.3 is 10.6 Å². The minimum Gasteiger partial charge on any atom is -0.305 e. The van der Waals surface area contributed by atoms with Crippen molar-refractivity contribution in [1.82, 2.24) is 10.6 Å². The number of nitrogens with one attached hydrogen (secondary N) is 2. The summed E-state index contributed by atoms with van der Waals surface area (Å²) >= 11 is 0. The third-order valence-corrected chi connectivity index (χ3v) is 2.92. The van der Waals surface area contributed by atoms with Crippen molar-refractivity contribution in [1.29, 1.82) is 0 Å². The van der Waals surface area contributed by atoms with Crippen LogP contribution in [0.5, 0.6) is 0 Å². The molecule has 0 amide bonds. The molecule has 0 saturated heterocycles. The minimum atomic E-state index is 0.701. The van der Waals surface area contributed by atoms with E-state index < -0.39 is 0 Å². The molecule has 0 spiro atoms. The van der Waals surface area contributed by atoms with Crippen molar-refractivity contribution < 1.29 is 0 Å². The third kappa shape index (κ3) is 6.77. The van der Waals surface area contributed by atoms with E-state index in [1.807, 2.05) is 60.7 Å². The van der Waals surface area contributed by atoms with Gasteiger partial charge in [-0.15, -0.1) is 0 Å². The van der Waals surface area contributed by atoms with E-state index in [1.165, 1.54) is 0 Å². The van der Waals surface area contributed by atoms with Crippen LogP contribution in [-0.4, -0.2) is 26.2 Å². The van der Waals surface area contributed by atoms with Gasteiger partial charge in [0, 0.05) is 24.2 Å². The molecular weight excluding hydrogens is 268 g/mol. The lowest BCUT2D eigenvalue weighted by Crippen LogP contribution is -2.27. The van der Waals surface area contributed by atoms with Crippen molar-refractivity contribution in [2.45, 2.75) is 0 Å². The van der Waals surface area contributed by atoms with Gasteiger partial charge in [-0.25, -0.2) is 0 Å². The number of hydrogen-bond acceptors (Lipinski definition) is 2. The standard InChI is InChI=1S/C20H20N2/c1-3-9-19(10-4-1)13-7-15-21-17-18-22-16-8-14-20-11-5-2-6-12-20/h1-6,9-12,21-22H,15-18H2. The summed E-state index contributed by atoms with van der Waals surface area (Å²) in [4.78, 5) is 0. The summed E-state index contributed by atoms with van der Waals surface area (Å²) in [6, 6.07) is 20.0. The topological polar surface area (TPSA) is 24.1 Å². The first-order chi connectivity index (χ1) is 10.9. The molecule has 0 unspecified atom stereocenters. The molecule has 0 radical (unpaired) electrons. The maximum Gasteiger partial charge on any atom is 0.0580 e. The third-order valence-electron chi connectivity index (χ3n) is 2.92. The summed E-state index contributed by atoms with van der Waals surface area (Å²) in [7, 11) is 0. The van der Waals surface area contributed by atoms with Gasteiger partial charge in [-0.3, -0.25) is 0 Å². The Bertz CT molecular complexity index is 593. The van der Waals surface area contributed by atoms with E-state index in [2.05, 4.69) is 34.3 Å². The van der Waals surface area contributed by atoms with Crippen molar-refractivity contribution in [2.24, 2.45) is 0 Å². The molecule has 110 valence electrons. The van der Waals surface area contributed by atoms with E-state index in [1.54, 1.807) is 0 Å². The first kappa shape index (κ1) is 15.9. The molecule has 2 aromatic rings. The van der Waals surface area contributed by atoms with Crippen LogP contribution in [0.1, 0.15) is 11.1 Å². The molecule has 0 aliphatic rings. The summed E-state index contributed by atoms with van der Waals surface area (Å²) in [5, 5.41) is 6.56. The molecule has 2 nitrogen and oxygen atoms in total. The lowest BCUT2D eigenvalue weighted by Gasteiger charge is -2.00. The van der Waals surface area contributed by atoms with Gasteiger partial charge >= 0.3 is 0 Å². The van der Waals surface area contributed by atoms with Crippen LogP contribution in [-0.2, 0) is 0 Å². The fourth-order valence-corrected chi connectivity index (χ4v) is 1.81. The van der Waals surface area contributed by atoms with Crippen LogP contribution in [0.3, 0.4) is 0 Å². The molecule has 0 aromatic heterocycles. The molecule has 22 heavy (non-hydrogen) atoms. The van der Waals surface area contributed by atoms with E-state index in [0.717, 1.165) is 24.2 Å². The number of rotatable bonds is 5. The molecule has 0 aliphatic heterocycles. The highest BCUT2D eigenvalue weighted by atomic mass is 14.9. The lowest BCUT2D eigenvalue weighted by molar-refractivity contribution is 0.676. The zero-order valence-electron chi connectivity index (χ0n) is 12.6. The molecule has 0 aliphatic carbocycles. The van der Waals surface area contributed by atoms with E-state index in [9.17, 15) is 0 Å². The van der Waals surface area contributed by atoms with Gasteiger partial charge in [0.15, 0.2) is 0 Å². The number of benzene rings is 2. The Kier molecular flexibility index (Phi) is 7.38. The van der Waals surface area contributed by atoms with Gasteiger partial charge in [0.25, 0.3) is 0 Å². The molecular formula is C20H20N2. The number of hydrogen-bond donors (Lipinski definition) is 2. The molecule has 0 bridgehead atoms. The monoisotopic (exact) mass is 288 g/mol. The van der Waals surface area contributed by atoms with E-state index in [-0.39, 0.29) is 0 Å². The molecule has 2 N–H and O–H groups in total. The smallest absolute Gasteiger partial charge is 0.0580 e. The van der Waals surface area contributed by atoms with Gasteiger partial charge in [0.2, 0.25) is 0 Å².